The van der Waals surface area contributed by atoms with Crippen LogP contribution < -0.4 is 0 Å². The molecule has 2 aromatic heterocycles. The first kappa shape index (κ1) is 15.2. The van der Waals surface area contributed by atoms with Crippen LogP contribution in [0.2, 0.25) is 5.15 Å². The number of nitrogens with zero attached hydrogens (tertiary/aromatic N) is 3. The lowest BCUT2D eigenvalue weighted by molar-refractivity contribution is 0.186. The molecule has 1 atom stereocenters. The van der Waals surface area contributed by atoms with Crippen molar-refractivity contribution in [3.05, 3.63) is 16.7 Å². The van der Waals surface area contributed by atoms with Gasteiger partial charge in [0, 0.05) is 24.2 Å². The molecule has 0 amide bonds. The molecule has 21 heavy (non-hydrogen) atoms. The van der Waals surface area contributed by atoms with E-state index >= 15 is 0 Å². The van der Waals surface area contributed by atoms with E-state index in [9.17, 15) is 13.5 Å². The van der Waals surface area contributed by atoms with Crippen LogP contribution in [0.1, 0.15) is 25.7 Å². The third kappa shape index (κ3) is 2.59. The van der Waals surface area contributed by atoms with Crippen LogP contribution >= 0.6 is 22.9 Å². The summed E-state index contributed by atoms with van der Waals surface area (Å²) in [5.41, 5.74) is 0. The van der Waals surface area contributed by atoms with E-state index in [0.717, 1.165) is 19.3 Å². The first-order valence-corrected chi connectivity index (χ1v) is 9.49. The van der Waals surface area contributed by atoms with Gasteiger partial charge in [0.2, 0.25) is 0 Å². The molecule has 0 radical (unpaired) electrons. The Balaban J connectivity index is 2.10. The number of thiazole rings is 1. The predicted octanol–water partition coefficient (Wildman–Crippen LogP) is 1.97. The summed E-state index contributed by atoms with van der Waals surface area (Å²) in [6.07, 6.45) is 5.00. The summed E-state index contributed by atoms with van der Waals surface area (Å²) in [5, 5.41) is 11.3. The molecule has 2 aromatic rings. The molecule has 1 N–H and O–H groups in total. The van der Waals surface area contributed by atoms with Crippen molar-refractivity contribution in [1.82, 2.24) is 13.7 Å². The number of rotatable bonds is 3. The second-order valence-electron chi connectivity index (χ2n) is 5.06. The first-order valence-electron chi connectivity index (χ1n) is 6.79. The smallest absolute Gasteiger partial charge is 0.262 e. The number of hydrogen-bond donors (Lipinski definition) is 1. The Morgan fingerprint density at radius 2 is 2.24 bits per heavy atom. The quantitative estimate of drug-likeness (QED) is 0.919. The maximum atomic E-state index is 13.0. The Morgan fingerprint density at radius 3 is 3.00 bits per heavy atom. The zero-order valence-electron chi connectivity index (χ0n) is 11.3. The van der Waals surface area contributed by atoms with E-state index in [1.807, 2.05) is 0 Å². The van der Waals surface area contributed by atoms with Gasteiger partial charge in [-0.25, -0.2) is 13.4 Å². The van der Waals surface area contributed by atoms with Crippen molar-refractivity contribution in [3.8, 4) is 0 Å². The molecule has 1 fully saturated rings. The normalized spacial score (nSPS) is 21.7. The summed E-state index contributed by atoms with van der Waals surface area (Å²) in [4.78, 5) is 4.64. The molecule has 0 aromatic carbocycles. The van der Waals surface area contributed by atoms with Crippen molar-refractivity contribution in [2.24, 2.45) is 0 Å². The molecule has 9 heteroatoms. The maximum Gasteiger partial charge on any atom is 0.262 e. The molecule has 0 spiro atoms. The lowest BCUT2D eigenvalue weighted by Crippen LogP contribution is -2.42. The lowest BCUT2D eigenvalue weighted by Gasteiger charge is -2.27. The Morgan fingerprint density at radius 1 is 1.43 bits per heavy atom. The molecule has 3 rings (SSSR count). The van der Waals surface area contributed by atoms with E-state index in [4.69, 9.17) is 11.6 Å². The van der Waals surface area contributed by atoms with Crippen LogP contribution in [-0.2, 0) is 10.0 Å². The summed E-state index contributed by atoms with van der Waals surface area (Å²) in [6.45, 7) is 0.226. The average molecular weight is 350 g/mol. The molecular weight excluding hydrogens is 334 g/mol. The fourth-order valence-electron chi connectivity index (χ4n) is 2.73. The average Bonchev–Trinajstić information content (AvgIpc) is 2.88. The number of halogens is 1. The van der Waals surface area contributed by atoms with Gasteiger partial charge in [-0.05, 0) is 12.8 Å². The molecule has 1 aliphatic rings. The standard InChI is InChI=1S/C12H16ClN3O3S2/c13-10-11(15-6-7-20-12(15)14-10)21(18,19)16-5-3-1-2-4-9(16)8-17/h6-7,9,17H,1-5,8H2. The van der Waals surface area contributed by atoms with Crippen molar-refractivity contribution in [1.29, 1.82) is 0 Å². The van der Waals surface area contributed by atoms with Crippen molar-refractivity contribution in [3.63, 3.8) is 0 Å². The van der Waals surface area contributed by atoms with Crippen molar-refractivity contribution in [2.75, 3.05) is 13.2 Å². The molecule has 1 unspecified atom stereocenters. The molecule has 1 saturated heterocycles. The third-order valence-corrected chi connectivity index (χ3v) is 6.87. The second-order valence-corrected chi connectivity index (χ2v) is 8.10. The summed E-state index contributed by atoms with van der Waals surface area (Å²) in [6, 6.07) is -0.391. The highest BCUT2D eigenvalue weighted by Gasteiger charge is 2.36. The number of imidazole rings is 1. The van der Waals surface area contributed by atoms with Crippen LogP contribution in [0.4, 0.5) is 0 Å². The van der Waals surface area contributed by atoms with Crippen molar-refractivity contribution < 1.29 is 13.5 Å². The van der Waals surface area contributed by atoms with Crippen LogP contribution in [-0.4, -0.2) is 46.4 Å². The van der Waals surface area contributed by atoms with Crippen LogP contribution in [0.3, 0.4) is 0 Å². The molecular formula is C12H16ClN3O3S2. The number of fused-ring (bicyclic) bond motifs is 1. The van der Waals surface area contributed by atoms with Gasteiger partial charge >= 0.3 is 0 Å². The molecule has 6 nitrogen and oxygen atoms in total. The minimum atomic E-state index is -3.78. The van der Waals surface area contributed by atoms with E-state index in [1.54, 1.807) is 11.6 Å². The third-order valence-electron chi connectivity index (χ3n) is 3.77. The molecule has 116 valence electrons. The second kappa shape index (κ2) is 5.85. The van der Waals surface area contributed by atoms with E-state index < -0.39 is 16.1 Å². The SMILES string of the molecule is O=S(=O)(c1c(Cl)nc2sccn12)N1CCCCCC1CO. The Kier molecular flexibility index (Phi) is 4.24. The number of sulfonamides is 1. The maximum absolute atomic E-state index is 13.0. The zero-order chi connectivity index (χ0) is 15.0. The van der Waals surface area contributed by atoms with Crippen LogP contribution in [0.5, 0.6) is 0 Å². The fourth-order valence-corrected chi connectivity index (χ4v) is 5.83. The van der Waals surface area contributed by atoms with Gasteiger partial charge in [0.15, 0.2) is 15.1 Å². The highest BCUT2D eigenvalue weighted by Crippen LogP contribution is 2.31. The van der Waals surface area contributed by atoms with Gasteiger partial charge in [0.05, 0.1) is 6.61 Å². The van der Waals surface area contributed by atoms with Crippen LogP contribution in [0.15, 0.2) is 16.6 Å². The molecule has 0 aliphatic carbocycles. The van der Waals surface area contributed by atoms with Gasteiger partial charge in [-0.15, -0.1) is 11.3 Å². The summed E-state index contributed by atoms with van der Waals surface area (Å²) < 4.78 is 28.8. The van der Waals surface area contributed by atoms with Gasteiger partial charge in [-0.3, -0.25) is 4.40 Å². The first-order chi connectivity index (χ1) is 10.1. The van der Waals surface area contributed by atoms with Crippen molar-refractivity contribution in [2.45, 2.75) is 36.8 Å². The monoisotopic (exact) mass is 349 g/mol. The topological polar surface area (TPSA) is 74.9 Å². The van der Waals surface area contributed by atoms with Gasteiger partial charge in [0.25, 0.3) is 10.0 Å². The predicted molar refractivity (Wildman–Crippen MR) is 81.3 cm³/mol. The molecule has 0 bridgehead atoms. The van der Waals surface area contributed by atoms with E-state index in [2.05, 4.69) is 4.98 Å². The summed E-state index contributed by atoms with van der Waals surface area (Å²) >= 11 is 7.38. The number of hydrogen-bond acceptors (Lipinski definition) is 5. The van der Waals surface area contributed by atoms with Crippen LogP contribution in [0, 0.1) is 0 Å². The zero-order valence-corrected chi connectivity index (χ0v) is 13.7. The number of aliphatic hydroxyl groups excluding tert-OH is 1. The van der Waals surface area contributed by atoms with Gasteiger partial charge in [-0.2, -0.15) is 4.31 Å². The summed E-state index contributed by atoms with van der Waals surface area (Å²) in [5.74, 6) is 0. The Labute approximate surface area is 132 Å². The Hall–Kier alpha value is -0.670. The molecule has 1 aliphatic heterocycles. The van der Waals surface area contributed by atoms with E-state index in [1.165, 1.54) is 20.0 Å². The van der Waals surface area contributed by atoms with Crippen LogP contribution in [0.25, 0.3) is 4.96 Å². The largest absolute Gasteiger partial charge is 0.395 e. The molecule has 0 saturated carbocycles. The van der Waals surface area contributed by atoms with E-state index in [0.29, 0.717) is 17.9 Å². The summed E-state index contributed by atoms with van der Waals surface area (Å²) in [7, 11) is -3.78. The van der Waals surface area contributed by atoms with Gasteiger partial charge in [-0.1, -0.05) is 24.4 Å². The fraction of sp³-hybridized carbons (Fsp3) is 0.583. The molecule has 3 heterocycles. The highest BCUT2D eigenvalue weighted by atomic mass is 35.5. The minimum absolute atomic E-state index is 0.000710. The Bertz CT molecular complexity index is 740. The lowest BCUT2D eigenvalue weighted by atomic mass is 10.1. The number of aliphatic hydroxyl groups is 1. The number of aromatic nitrogens is 2. The van der Waals surface area contributed by atoms with E-state index in [-0.39, 0.29) is 16.8 Å². The van der Waals surface area contributed by atoms with Gasteiger partial charge < -0.3 is 5.11 Å². The van der Waals surface area contributed by atoms with Gasteiger partial charge in [0.1, 0.15) is 0 Å². The highest BCUT2D eigenvalue weighted by molar-refractivity contribution is 7.89. The minimum Gasteiger partial charge on any atom is -0.395 e. The van der Waals surface area contributed by atoms with Crippen molar-refractivity contribution >= 4 is 37.9 Å².